The Morgan fingerprint density at radius 2 is 2.21 bits per heavy atom. The summed E-state index contributed by atoms with van der Waals surface area (Å²) < 4.78 is 0.823. The number of halogens is 3. The summed E-state index contributed by atoms with van der Waals surface area (Å²) in [6.07, 6.45) is 4.24. The third kappa shape index (κ3) is 5.26. The molecule has 0 spiro atoms. The van der Waals surface area contributed by atoms with Crippen molar-refractivity contribution in [2.75, 3.05) is 13.1 Å². The van der Waals surface area contributed by atoms with Gasteiger partial charge >= 0.3 is 0 Å². The average molecular weight is 371 g/mol. The molecule has 1 saturated heterocycles. The Balaban J connectivity index is 0.00000162. The molecule has 2 rings (SSSR count). The summed E-state index contributed by atoms with van der Waals surface area (Å²) in [7, 11) is 0. The number of amides is 1. The fraction of sp³-hybridized carbons (Fsp3) is 0.500. The Morgan fingerprint density at radius 3 is 2.84 bits per heavy atom. The molecule has 2 heterocycles. The highest BCUT2D eigenvalue weighted by Crippen LogP contribution is 2.13. The van der Waals surface area contributed by atoms with Crippen LogP contribution in [0.1, 0.15) is 23.7 Å². The summed E-state index contributed by atoms with van der Waals surface area (Å²) in [4.78, 5) is 16.0. The second kappa shape index (κ2) is 8.74. The highest BCUT2D eigenvalue weighted by molar-refractivity contribution is 9.10. The Labute approximate surface area is 134 Å². The predicted octanol–water partition coefficient (Wildman–Crippen LogP) is 2.42. The van der Waals surface area contributed by atoms with E-state index in [4.69, 9.17) is 0 Å². The number of carbonyl (C=O) groups is 1. The fourth-order valence-electron chi connectivity index (χ4n) is 2.02. The van der Waals surface area contributed by atoms with Crippen LogP contribution in [0.5, 0.6) is 0 Å². The Morgan fingerprint density at radius 1 is 1.47 bits per heavy atom. The topological polar surface area (TPSA) is 54.0 Å². The van der Waals surface area contributed by atoms with Gasteiger partial charge in [0.2, 0.25) is 0 Å². The summed E-state index contributed by atoms with van der Waals surface area (Å²) in [5.41, 5.74) is 0.602. The van der Waals surface area contributed by atoms with Crippen LogP contribution in [-0.4, -0.2) is 30.0 Å². The van der Waals surface area contributed by atoms with Crippen LogP contribution in [0.4, 0.5) is 0 Å². The number of carbonyl (C=O) groups excluding carboxylic acids is 1. The number of pyridine rings is 1. The number of nitrogens with zero attached hydrogens (tertiary/aromatic N) is 1. The second-order valence-corrected chi connectivity index (χ2v) is 5.36. The largest absolute Gasteiger partial charge is 0.349 e. The number of hydrogen-bond acceptors (Lipinski definition) is 3. The molecule has 0 aromatic carbocycles. The van der Waals surface area contributed by atoms with Gasteiger partial charge in [0.15, 0.2) is 0 Å². The highest BCUT2D eigenvalue weighted by Gasteiger charge is 2.23. The van der Waals surface area contributed by atoms with Crippen molar-refractivity contribution in [1.82, 2.24) is 15.6 Å². The molecule has 0 aliphatic carbocycles. The van der Waals surface area contributed by atoms with Gasteiger partial charge in [0.05, 0.1) is 5.56 Å². The van der Waals surface area contributed by atoms with E-state index in [-0.39, 0.29) is 36.8 Å². The molecular weight excluding hydrogens is 353 g/mol. The monoisotopic (exact) mass is 369 g/mol. The highest BCUT2D eigenvalue weighted by atomic mass is 79.9. The molecule has 1 aliphatic heterocycles. The van der Waals surface area contributed by atoms with Gasteiger partial charge in [0, 0.05) is 22.9 Å². The van der Waals surface area contributed by atoms with E-state index in [0.29, 0.717) is 11.5 Å². The van der Waals surface area contributed by atoms with Crippen molar-refractivity contribution >= 4 is 46.7 Å². The van der Waals surface area contributed by atoms with E-state index >= 15 is 0 Å². The Hall–Kier alpha value is -0.360. The quantitative estimate of drug-likeness (QED) is 0.840. The maximum Gasteiger partial charge on any atom is 0.253 e. The van der Waals surface area contributed by atoms with Gasteiger partial charge in [-0.05, 0) is 47.4 Å². The molecule has 2 N–H and O–H groups in total. The molecule has 0 radical (unpaired) electrons. The first-order chi connectivity index (χ1) is 8.16. The zero-order valence-corrected chi connectivity index (χ0v) is 13.8. The number of hydrogen-bond donors (Lipinski definition) is 2. The maximum atomic E-state index is 12.0. The van der Waals surface area contributed by atoms with E-state index in [9.17, 15) is 4.79 Å². The van der Waals surface area contributed by atoms with Gasteiger partial charge in [0.1, 0.15) is 0 Å². The molecule has 108 valence electrons. The number of aromatic nitrogens is 1. The third-order valence-corrected chi connectivity index (χ3v) is 3.50. The molecule has 0 saturated carbocycles. The summed E-state index contributed by atoms with van der Waals surface area (Å²) >= 11 is 3.32. The van der Waals surface area contributed by atoms with E-state index in [1.807, 2.05) is 0 Å². The second-order valence-electron chi connectivity index (χ2n) is 4.44. The van der Waals surface area contributed by atoms with Gasteiger partial charge in [-0.15, -0.1) is 24.8 Å². The van der Waals surface area contributed by atoms with Crippen molar-refractivity contribution in [3.63, 3.8) is 0 Å². The molecule has 2 atom stereocenters. The first-order valence-corrected chi connectivity index (χ1v) is 6.58. The van der Waals surface area contributed by atoms with Gasteiger partial charge in [0.25, 0.3) is 5.91 Å². The molecule has 4 nitrogen and oxygen atoms in total. The molecule has 1 fully saturated rings. The molecule has 0 bridgehead atoms. The first-order valence-electron chi connectivity index (χ1n) is 5.79. The number of piperidine rings is 1. The lowest BCUT2D eigenvalue weighted by Gasteiger charge is -2.30. The maximum absolute atomic E-state index is 12.0. The van der Waals surface area contributed by atoms with E-state index in [1.165, 1.54) is 0 Å². The van der Waals surface area contributed by atoms with Crippen LogP contribution in [0.15, 0.2) is 22.9 Å². The minimum atomic E-state index is -0.0439. The normalized spacial score (nSPS) is 21.8. The lowest BCUT2D eigenvalue weighted by molar-refractivity contribution is 0.0914. The number of nitrogens with one attached hydrogen (secondary N) is 2. The zero-order valence-electron chi connectivity index (χ0n) is 10.6. The van der Waals surface area contributed by atoms with E-state index in [1.54, 1.807) is 18.5 Å². The van der Waals surface area contributed by atoms with Gasteiger partial charge in [-0.25, -0.2) is 0 Å². The van der Waals surface area contributed by atoms with Crippen molar-refractivity contribution in [2.24, 2.45) is 5.92 Å². The van der Waals surface area contributed by atoms with E-state index in [2.05, 4.69) is 38.5 Å². The van der Waals surface area contributed by atoms with Gasteiger partial charge in [-0.1, -0.05) is 6.92 Å². The fourth-order valence-corrected chi connectivity index (χ4v) is 2.38. The van der Waals surface area contributed by atoms with Crippen LogP contribution in [0.25, 0.3) is 0 Å². The van der Waals surface area contributed by atoms with Crippen LogP contribution in [0, 0.1) is 5.92 Å². The third-order valence-electron chi connectivity index (χ3n) is 3.07. The van der Waals surface area contributed by atoms with Crippen LogP contribution < -0.4 is 10.6 Å². The lowest BCUT2D eigenvalue weighted by atomic mass is 9.95. The molecule has 19 heavy (non-hydrogen) atoms. The molecule has 7 heteroatoms. The molecule has 1 aromatic rings. The molecule has 2 unspecified atom stereocenters. The van der Waals surface area contributed by atoms with Crippen molar-refractivity contribution in [2.45, 2.75) is 19.4 Å². The van der Waals surface area contributed by atoms with Crippen molar-refractivity contribution in [3.8, 4) is 0 Å². The summed E-state index contributed by atoms with van der Waals surface area (Å²) in [6.45, 7) is 4.07. The van der Waals surface area contributed by atoms with Crippen LogP contribution in [0.2, 0.25) is 0 Å². The Bertz CT molecular complexity index is 420. The van der Waals surface area contributed by atoms with Gasteiger partial charge in [-0.2, -0.15) is 0 Å². The summed E-state index contributed by atoms with van der Waals surface area (Å²) in [5.74, 6) is 0.422. The predicted molar refractivity (Wildman–Crippen MR) is 84.3 cm³/mol. The number of rotatable bonds is 2. The average Bonchev–Trinajstić information content (AvgIpc) is 2.32. The minimum absolute atomic E-state index is 0. The Kier molecular flexibility index (Phi) is 8.57. The minimum Gasteiger partial charge on any atom is -0.349 e. The van der Waals surface area contributed by atoms with E-state index in [0.717, 1.165) is 24.0 Å². The van der Waals surface area contributed by atoms with E-state index < -0.39 is 0 Å². The standard InChI is InChI=1S/C12H16BrN3O.2ClH/c1-8-5-14-3-2-11(8)16-12(17)9-4-10(13)7-15-6-9;;/h4,6-8,11,14H,2-3,5H2,1H3,(H,16,17);2*1H. The van der Waals surface area contributed by atoms with Gasteiger partial charge in [-0.3, -0.25) is 9.78 Å². The lowest BCUT2D eigenvalue weighted by Crippen LogP contribution is -2.48. The smallest absolute Gasteiger partial charge is 0.253 e. The SMILES string of the molecule is CC1CNCCC1NC(=O)c1cncc(Br)c1.Cl.Cl. The van der Waals surface area contributed by atoms with Crippen LogP contribution in [-0.2, 0) is 0 Å². The van der Waals surface area contributed by atoms with Gasteiger partial charge < -0.3 is 10.6 Å². The molecule has 1 aromatic heterocycles. The summed E-state index contributed by atoms with van der Waals surface area (Å²) in [6, 6.07) is 2.04. The molecule has 1 aliphatic rings. The van der Waals surface area contributed by atoms with Crippen LogP contribution >= 0.6 is 40.7 Å². The zero-order chi connectivity index (χ0) is 12.3. The molecular formula is C12H18BrCl2N3O. The summed E-state index contributed by atoms with van der Waals surface area (Å²) in [5, 5.41) is 6.39. The first kappa shape index (κ1) is 18.6. The van der Waals surface area contributed by atoms with Crippen LogP contribution in [0.3, 0.4) is 0 Å². The molecule has 1 amide bonds. The van der Waals surface area contributed by atoms with Crippen molar-refractivity contribution < 1.29 is 4.79 Å². The van der Waals surface area contributed by atoms with Crippen molar-refractivity contribution in [1.29, 1.82) is 0 Å². The van der Waals surface area contributed by atoms with Crippen molar-refractivity contribution in [3.05, 3.63) is 28.5 Å².